The fraction of sp³-hybridized carbons (Fsp3) is 0.923. The van der Waals surface area contributed by atoms with Gasteiger partial charge < -0.3 is 10.5 Å². The van der Waals surface area contributed by atoms with Gasteiger partial charge in [-0.2, -0.15) is 11.8 Å². The van der Waals surface area contributed by atoms with Gasteiger partial charge in [0.25, 0.3) is 0 Å². The van der Waals surface area contributed by atoms with E-state index in [4.69, 9.17) is 10.5 Å². The largest absolute Gasteiger partial charge is 0.385 e. The normalized spacial score (nSPS) is 22.7. The van der Waals surface area contributed by atoms with Crippen molar-refractivity contribution in [2.24, 2.45) is 11.7 Å². The molecule has 0 spiro atoms. The number of hydrogen-bond acceptors (Lipinski definition) is 4. The van der Waals surface area contributed by atoms with Gasteiger partial charge in [0, 0.05) is 25.5 Å². The van der Waals surface area contributed by atoms with Crippen LogP contribution in [0.5, 0.6) is 0 Å². The SMILES string of the molecule is COCCCSCC(NC1CC1)(C(N)=O)C1CC1. The lowest BCUT2D eigenvalue weighted by Crippen LogP contribution is -2.60. The minimum Gasteiger partial charge on any atom is -0.385 e. The zero-order chi connectivity index (χ0) is 13.0. The average Bonchev–Trinajstić information content (AvgIpc) is 3.19. The maximum absolute atomic E-state index is 11.9. The Kier molecular flexibility index (Phi) is 4.92. The van der Waals surface area contributed by atoms with E-state index in [1.807, 2.05) is 11.8 Å². The Balaban J connectivity index is 1.84. The average molecular weight is 272 g/mol. The van der Waals surface area contributed by atoms with Crippen LogP contribution in [-0.4, -0.2) is 42.7 Å². The number of carbonyl (C=O) groups is 1. The third-order valence-corrected chi connectivity index (χ3v) is 4.96. The number of hydrogen-bond donors (Lipinski definition) is 2. The number of nitrogens with one attached hydrogen (secondary N) is 1. The first-order valence-electron chi connectivity index (χ1n) is 6.83. The van der Waals surface area contributed by atoms with Crippen molar-refractivity contribution >= 4 is 17.7 Å². The Bertz CT molecular complexity index is 293. The summed E-state index contributed by atoms with van der Waals surface area (Å²) >= 11 is 1.82. The topological polar surface area (TPSA) is 64.3 Å². The lowest BCUT2D eigenvalue weighted by Gasteiger charge is -2.32. The van der Waals surface area contributed by atoms with E-state index in [2.05, 4.69) is 5.32 Å². The summed E-state index contributed by atoms with van der Waals surface area (Å²) in [4.78, 5) is 11.9. The van der Waals surface area contributed by atoms with Crippen molar-refractivity contribution in [1.82, 2.24) is 5.32 Å². The monoisotopic (exact) mass is 272 g/mol. The Morgan fingerprint density at radius 3 is 2.67 bits per heavy atom. The van der Waals surface area contributed by atoms with E-state index in [1.165, 1.54) is 12.8 Å². The zero-order valence-corrected chi connectivity index (χ0v) is 11.9. The van der Waals surface area contributed by atoms with Gasteiger partial charge in [-0.25, -0.2) is 0 Å². The maximum atomic E-state index is 11.9. The zero-order valence-electron chi connectivity index (χ0n) is 11.1. The molecule has 0 bridgehead atoms. The number of methoxy groups -OCH3 is 1. The minimum atomic E-state index is -0.446. The van der Waals surface area contributed by atoms with Crippen LogP contribution >= 0.6 is 11.8 Å². The van der Waals surface area contributed by atoms with E-state index in [-0.39, 0.29) is 5.91 Å². The van der Waals surface area contributed by atoms with Crippen molar-refractivity contribution in [2.75, 3.05) is 25.2 Å². The quantitative estimate of drug-likeness (QED) is 0.585. The van der Waals surface area contributed by atoms with Gasteiger partial charge in [0.05, 0.1) is 0 Å². The summed E-state index contributed by atoms with van der Waals surface area (Å²) in [5.74, 6) is 2.15. The van der Waals surface area contributed by atoms with E-state index < -0.39 is 5.54 Å². The third-order valence-electron chi connectivity index (χ3n) is 3.72. The summed E-state index contributed by atoms with van der Waals surface area (Å²) in [7, 11) is 1.72. The fourth-order valence-electron chi connectivity index (χ4n) is 2.33. The number of ether oxygens (including phenoxy) is 1. The van der Waals surface area contributed by atoms with Crippen molar-refractivity contribution in [3.05, 3.63) is 0 Å². The fourth-order valence-corrected chi connectivity index (χ4v) is 3.58. The molecule has 1 atom stereocenters. The van der Waals surface area contributed by atoms with E-state index in [9.17, 15) is 4.79 Å². The number of carbonyl (C=O) groups excluding carboxylic acids is 1. The highest BCUT2D eigenvalue weighted by molar-refractivity contribution is 7.99. The second-order valence-electron chi connectivity index (χ2n) is 5.43. The highest BCUT2D eigenvalue weighted by Gasteiger charge is 2.51. The molecule has 3 N–H and O–H groups in total. The molecule has 1 amide bonds. The molecule has 0 saturated heterocycles. The standard InChI is InChI=1S/C13H24N2O2S/c1-17-7-2-8-18-9-13(12(14)16,10-3-4-10)15-11-5-6-11/h10-11,15H,2-9H2,1H3,(H2,14,16). The van der Waals surface area contributed by atoms with Crippen LogP contribution in [0, 0.1) is 5.92 Å². The summed E-state index contributed by atoms with van der Waals surface area (Å²) < 4.78 is 5.04. The molecule has 2 fully saturated rings. The molecular formula is C13H24N2O2S. The van der Waals surface area contributed by atoms with Crippen LogP contribution in [-0.2, 0) is 9.53 Å². The second kappa shape index (κ2) is 6.26. The molecule has 0 radical (unpaired) electrons. The van der Waals surface area contributed by atoms with Crippen molar-refractivity contribution in [3.63, 3.8) is 0 Å². The van der Waals surface area contributed by atoms with Gasteiger partial charge in [-0.1, -0.05) is 0 Å². The number of primary amides is 1. The van der Waals surface area contributed by atoms with Crippen LogP contribution in [0.2, 0.25) is 0 Å². The second-order valence-corrected chi connectivity index (χ2v) is 6.53. The van der Waals surface area contributed by atoms with Crippen molar-refractivity contribution in [3.8, 4) is 0 Å². The molecule has 4 nitrogen and oxygen atoms in total. The number of rotatable bonds is 10. The highest BCUT2D eigenvalue weighted by Crippen LogP contribution is 2.43. The number of thioether (sulfide) groups is 1. The van der Waals surface area contributed by atoms with Crippen LogP contribution in [0.1, 0.15) is 32.1 Å². The van der Waals surface area contributed by atoms with Crippen molar-refractivity contribution < 1.29 is 9.53 Å². The molecular weight excluding hydrogens is 248 g/mol. The molecule has 0 aromatic carbocycles. The molecule has 2 aliphatic rings. The molecule has 104 valence electrons. The Morgan fingerprint density at radius 1 is 1.44 bits per heavy atom. The summed E-state index contributed by atoms with van der Waals surface area (Å²) in [6.45, 7) is 0.788. The molecule has 0 aromatic rings. The number of amides is 1. The Labute approximate surface area is 113 Å². The van der Waals surface area contributed by atoms with Gasteiger partial charge in [0.15, 0.2) is 0 Å². The van der Waals surface area contributed by atoms with Crippen LogP contribution in [0.15, 0.2) is 0 Å². The first-order chi connectivity index (χ1) is 8.69. The number of nitrogens with two attached hydrogens (primary N) is 1. The van der Waals surface area contributed by atoms with Crippen molar-refractivity contribution in [2.45, 2.75) is 43.7 Å². The summed E-state index contributed by atoms with van der Waals surface area (Å²) in [5.41, 5.74) is 5.24. The molecule has 18 heavy (non-hydrogen) atoms. The Hall–Kier alpha value is -0.260. The molecule has 2 saturated carbocycles. The maximum Gasteiger partial charge on any atom is 0.238 e. The van der Waals surface area contributed by atoms with E-state index >= 15 is 0 Å². The Morgan fingerprint density at radius 2 is 2.17 bits per heavy atom. The molecule has 0 aliphatic heterocycles. The van der Waals surface area contributed by atoms with E-state index in [1.54, 1.807) is 7.11 Å². The highest BCUT2D eigenvalue weighted by atomic mass is 32.2. The van der Waals surface area contributed by atoms with Gasteiger partial charge >= 0.3 is 0 Å². The van der Waals surface area contributed by atoms with Crippen LogP contribution in [0.4, 0.5) is 0 Å². The van der Waals surface area contributed by atoms with Gasteiger partial charge in [-0.3, -0.25) is 10.1 Å². The summed E-state index contributed by atoms with van der Waals surface area (Å²) in [6, 6.07) is 0.526. The first-order valence-corrected chi connectivity index (χ1v) is 7.99. The molecule has 5 heteroatoms. The molecule has 2 aliphatic carbocycles. The van der Waals surface area contributed by atoms with Crippen LogP contribution in [0.25, 0.3) is 0 Å². The van der Waals surface area contributed by atoms with Crippen LogP contribution < -0.4 is 11.1 Å². The molecule has 0 heterocycles. The van der Waals surface area contributed by atoms with E-state index in [0.29, 0.717) is 12.0 Å². The smallest absolute Gasteiger partial charge is 0.238 e. The third kappa shape index (κ3) is 3.62. The van der Waals surface area contributed by atoms with E-state index in [0.717, 1.165) is 37.4 Å². The predicted molar refractivity (Wildman–Crippen MR) is 74.6 cm³/mol. The van der Waals surface area contributed by atoms with Crippen molar-refractivity contribution in [1.29, 1.82) is 0 Å². The van der Waals surface area contributed by atoms with Gasteiger partial charge in [-0.15, -0.1) is 0 Å². The molecule has 0 aromatic heterocycles. The summed E-state index contributed by atoms with van der Waals surface area (Å²) in [6.07, 6.45) is 5.69. The lowest BCUT2D eigenvalue weighted by atomic mass is 9.94. The lowest BCUT2D eigenvalue weighted by molar-refractivity contribution is -0.124. The summed E-state index contributed by atoms with van der Waals surface area (Å²) in [5, 5.41) is 3.53. The van der Waals surface area contributed by atoms with Crippen LogP contribution in [0.3, 0.4) is 0 Å². The molecule has 2 rings (SSSR count). The van der Waals surface area contributed by atoms with Gasteiger partial charge in [0.1, 0.15) is 5.54 Å². The first kappa shape index (κ1) is 14.2. The predicted octanol–water partition coefficient (Wildman–Crippen LogP) is 1.14. The minimum absolute atomic E-state index is 0.156. The molecule has 1 unspecified atom stereocenters. The van der Waals surface area contributed by atoms with Gasteiger partial charge in [0.2, 0.25) is 5.91 Å². The van der Waals surface area contributed by atoms with Gasteiger partial charge in [-0.05, 0) is 43.8 Å².